The number of nitrogens with zero attached hydrogens (tertiary/aromatic N) is 1. The molecule has 2 atom stereocenters. The van der Waals surface area contributed by atoms with E-state index in [9.17, 15) is 19.2 Å². The normalized spacial score (nSPS) is 21.5. The number of methoxy groups -OCH3 is 1. The van der Waals surface area contributed by atoms with Gasteiger partial charge in [0.1, 0.15) is 17.7 Å². The first-order valence-corrected chi connectivity index (χ1v) is 12.5. The summed E-state index contributed by atoms with van der Waals surface area (Å²) in [5.41, 5.74) is 3.74. The number of thiophene rings is 1. The number of carbonyl (C=O) groups is 4. The van der Waals surface area contributed by atoms with Crippen LogP contribution in [0.1, 0.15) is 24.1 Å². The maximum absolute atomic E-state index is 13.3. The van der Waals surface area contributed by atoms with Crippen molar-refractivity contribution in [3.05, 3.63) is 33.7 Å². The van der Waals surface area contributed by atoms with Crippen LogP contribution in [0.3, 0.4) is 0 Å². The number of carbonyl (C=O) groups excluding carboxylic acids is 4. The Morgan fingerprint density at radius 2 is 2.09 bits per heavy atom. The number of aliphatic hydroxyl groups excluding tert-OH is 1. The van der Waals surface area contributed by atoms with Crippen LogP contribution in [0.4, 0.5) is 4.79 Å². The van der Waals surface area contributed by atoms with Crippen molar-refractivity contribution in [2.75, 3.05) is 32.7 Å². The fourth-order valence-corrected chi connectivity index (χ4v) is 5.77. The number of esters is 1. The van der Waals surface area contributed by atoms with Crippen LogP contribution < -0.4 is 11.1 Å². The molecular formula is C21H27N3O8S2. The summed E-state index contributed by atoms with van der Waals surface area (Å²) in [7, 11) is 1.32. The van der Waals surface area contributed by atoms with Crippen molar-refractivity contribution in [1.29, 1.82) is 0 Å². The number of aliphatic hydroxyl groups is 1. The van der Waals surface area contributed by atoms with Crippen LogP contribution in [0.5, 0.6) is 0 Å². The third-order valence-electron chi connectivity index (χ3n) is 5.29. The molecule has 186 valence electrons. The van der Waals surface area contributed by atoms with Gasteiger partial charge in [0.05, 0.1) is 13.0 Å². The molecule has 2 aliphatic heterocycles. The minimum absolute atomic E-state index is 0.0441. The van der Waals surface area contributed by atoms with Gasteiger partial charge in [-0.3, -0.25) is 14.5 Å². The summed E-state index contributed by atoms with van der Waals surface area (Å²) in [5, 5.41) is 12.7. The zero-order valence-electron chi connectivity index (χ0n) is 18.6. The molecule has 3 rings (SSSR count). The van der Waals surface area contributed by atoms with Crippen LogP contribution in [0.15, 0.2) is 28.8 Å². The van der Waals surface area contributed by atoms with Gasteiger partial charge < -0.3 is 30.4 Å². The molecular weight excluding hydrogens is 486 g/mol. The number of unbranched alkanes of at least 4 members (excludes halogenated alkanes) is 2. The molecule has 1 saturated heterocycles. The molecule has 0 spiro atoms. The predicted octanol–water partition coefficient (Wildman–Crippen LogP) is 0.720. The van der Waals surface area contributed by atoms with Gasteiger partial charge in [-0.25, -0.2) is 9.59 Å². The largest absolute Gasteiger partial charge is 0.461 e. The highest BCUT2D eigenvalue weighted by Gasteiger charge is 2.66. The van der Waals surface area contributed by atoms with Gasteiger partial charge in [-0.05, 0) is 30.7 Å². The summed E-state index contributed by atoms with van der Waals surface area (Å²) >= 11 is 2.68. The molecule has 0 aromatic carbocycles. The van der Waals surface area contributed by atoms with Crippen LogP contribution in [0.25, 0.3) is 0 Å². The molecule has 13 heteroatoms. The number of thioether (sulfide) groups is 1. The van der Waals surface area contributed by atoms with Crippen molar-refractivity contribution >= 4 is 47.0 Å². The standard InChI is InChI=1S/C21H27N3O8S2/c1-30-21(23-15(26)10-14-6-5-9-33-14)18(28)24-16(17(27)31-8-4-2-3-7-25)13(11-32-20(22)29)12-34-19(21)24/h5-6,9,19,25H,2-4,7-8,10-12H2,1H3,(H2,22,29)(H,23,26)/t19-,21+/m1/s1. The first-order valence-electron chi connectivity index (χ1n) is 10.6. The summed E-state index contributed by atoms with van der Waals surface area (Å²) in [6, 6.07) is 3.64. The molecule has 2 aliphatic rings. The number of primary amides is 1. The fourth-order valence-electron chi connectivity index (χ4n) is 3.65. The summed E-state index contributed by atoms with van der Waals surface area (Å²) in [4.78, 5) is 52.0. The van der Waals surface area contributed by atoms with Crippen LogP contribution in [-0.4, -0.2) is 77.7 Å². The molecule has 0 bridgehead atoms. The van der Waals surface area contributed by atoms with Gasteiger partial charge in [0.15, 0.2) is 0 Å². The average Bonchev–Trinajstić information content (AvgIpc) is 3.32. The lowest BCUT2D eigenvalue weighted by Crippen LogP contribution is -2.80. The molecule has 3 amide bonds. The highest BCUT2D eigenvalue weighted by atomic mass is 32.2. The van der Waals surface area contributed by atoms with E-state index in [2.05, 4.69) is 5.32 Å². The van der Waals surface area contributed by atoms with Gasteiger partial charge in [-0.2, -0.15) is 0 Å². The third kappa shape index (κ3) is 5.54. The van der Waals surface area contributed by atoms with Crippen LogP contribution >= 0.6 is 23.1 Å². The molecule has 34 heavy (non-hydrogen) atoms. The molecule has 0 unspecified atom stereocenters. The van der Waals surface area contributed by atoms with Crippen molar-refractivity contribution in [1.82, 2.24) is 10.2 Å². The maximum Gasteiger partial charge on any atom is 0.404 e. The molecule has 1 fully saturated rings. The highest BCUT2D eigenvalue weighted by Crippen LogP contribution is 2.46. The van der Waals surface area contributed by atoms with E-state index >= 15 is 0 Å². The van der Waals surface area contributed by atoms with E-state index in [1.807, 2.05) is 17.5 Å². The molecule has 4 N–H and O–H groups in total. The van der Waals surface area contributed by atoms with E-state index in [0.717, 1.165) is 4.88 Å². The minimum atomic E-state index is -1.64. The molecule has 11 nitrogen and oxygen atoms in total. The number of fused-ring (bicyclic) bond motifs is 1. The number of hydrogen-bond donors (Lipinski definition) is 3. The molecule has 1 aromatic rings. The van der Waals surface area contributed by atoms with E-state index in [0.29, 0.717) is 24.8 Å². The van der Waals surface area contributed by atoms with Gasteiger partial charge in [0, 0.05) is 29.9 Å². The summed E-state index contributed by atoms with van der Waals surface area (Å²) in [5.74, 6) is -1.55. The smallest absolute Gasteiger partial charge is 0.404 e. The Morgan fingerprint density at radius 1 is 1.29 bits per heavy atom. The molecule has 0 radical (unpaired) electrons. The first-order chi connectivity index (χ1) is 16.3. The van der Waals surface area contributed by atoms with Gasteiger partial charge >= 0.3 is 12.1 Å². The van der Waals surface area contributed by atoms with E-state index in [4.69, 9.17) is 25.1 Å². The van der Waals surface area contributed by atoms with Crippen molar-refractivity contribution in [3.63, 3.8) is 0 Å². The number of hydrogen-bond acceptors (Lipinski definition) is 10. The Bertz CT molecular complexity index is 952. The van der Waals surface area contributed by atoms with Crippen LogP contribution in [0, 0.1) is 0 Å². The monoisotopic (exact) mass is 513 g/mol. The topological polar surface area (TPSA) is 157 Å². The molecule has 1 aromatic heterocycles. The Hall–Kier alpha value is -2.61. The van der Waals surface area contributed by atoms with Crippen LogP contribution in [-0.2, 0) is 35.0 Å². The maximum atomic E-state index is 13.3. The predicted molar refractivity (Wildman–Crippen MR) is 123 cm³/mol. The van der Waals surface area contributed by atoms with Crippen molar-refractivity contribution in [3.8, 4) is 0 Å². The van der Waals surface area contributed by atoms with E-state index in [-0.39, 0.29) is 37.7 Å². The molecule has 0 saturated carbocycles. The molecule has 0 aliphatic carbocycles. The lowest BCUT2D eigenvalue weighted by molar-refractivity contribution is -0.193. The number of nitrogens with two attached hydrogens (primary N) is 1. The summed E-state index contributed by atoms with van der Waals surface area (Å²) in [6.45, 7) is -0.135. The van der Waals surface area contributed by atoms with E-state index in [1.54, 1.807) is 0 Å². The average molecular weight is 514 g/mol. The summed E-state index contributed by atoms with van der Waals surface area (Å²) in [6.07, 6.45) is 0.870. The van der Waals surface area contributed by atoms with Gasteiger partial charge in [0.2, 0.25) is 5.91 Å². The quantitative estimate of drug-likeness (QED) is 0.158. The molecule has 3 heterocycles. The lowest BCUT2D eigenvalue weighted by atomic mass is 9.98. The fraction of sp³-hybridized carbons (Fsp3) is 0.524. The summed E-state index contributed by atoms with van der Waals surface area (Å²) < 4.78 is 15.7. The van der Waals surface area contributed by atoms with Gasteiger partial charge in [-0.1, -0.05) is 6.07 Å². The SMILES string of the molecule is CO[C@@]1(NC(=O)Cc2cccs2)C(=O)N2C(C(=O)OCCCCCO)=C(COC(N)=O)CS[C@@H]21. The number of nitrogens with one attached hydrogen (secondary N) is 1. The zero-order chi connectivity index (χ0) is 24.7. The Kier molecular flexibility index (Phi) is 8.94. The van der Waals surface area contributed by atoms with Crippen molar-refractivity contribution < 1.29 is 38.5 Å². The highest BCUT2D eigenvalue weighted by molar-refractivity contribution is 8.00. The van der Waals surface area contributed by atoms with Gasteiger partial charge in [-0.15, -0.1) is 23.1 Å². The second-order valence-corrected chi connectivity index (χ2v) is 9.66. The minimum Gasteiger partial charge on any atom is -0.461 e. The van der Waals surface area contributed by atoms with Crippen molar-refractivity contribution in [2.45, 2.75) is 36.8 Å². The third-order valence-corrected chi connectivity index (χ3v) is 7.54. The number of amides is 3. The van der Waals surface area contributed by atoms with Crippen LogP contribution in [0.2, 0.25) is 0 Å². The van der Waals surface area contributed by atoms with Crippen molar-refractivity contribution in [2.24, 2.45) is 5.73 Å². The van der Waals surface area contributed by atoms with Gasteiger partial charge in [0.25, 0.3) is 11.6 Å². The van der Waals surface area contributed by atoms with E-state index < -0.39 is 35.0 Å². The zero-order valence-corrected chi connectivity index (χ0v) is 20.2. The Labute approximate surface area is 204 Å². The Balaban J connectivity index is 1.77. The number of β-lactam (4-membered cyclic amide) rings is 1. The number of rotatable bonds is 12. The number of ether oxygens (including phenoxy) is 3. The first kappa shape index (κ1) is 26.0. The lowest BCUT2D eigenvalue weighted by Gasteiger charge is -2.55. The second kappa shape index (κ2) is 11.7. The second-order valence-electron chi connectivity index (χ2n) is 7.56. The van der Waals surface area contributed by atoms with E-state index in [1.165, 1.54) is 35.1 Å². The Morgan fingerprint density at radius 3 is 2.74 bits per heavy atom.